The summed E-state index contributed by atoms with van der Waals surface area (Å²) in [6.07, 6.45) is 1.93. The van der Waals surface area contributed by atoms with Gasteiger partial charge in [0.2, 0.25) is 0 Å². The first-order chi connectivity index (χ1) is 9.63. The smallest absolute Gasteiger partial charge is 0.185 e. The molecule has 1 heterocycles. The third-order valence-electron chi connectivity index (χ3n) is 2.96. The van der Waals surface area contributed by atoms with Gasteiger partial charge in [-0.1, -0.05) is 27.5 Å². The van der Waals surface area contributed by atoms with Gasteiger partial charge < -0.3 is 10.2 Å². The number of thiazole rings is 1. The molecule has 20 heavy (non-hydrogen) atoms. The third-order valence-corrected chi connectivity index (χ3v) is 4.84. The fourth-order valence-corrected chi connectivity index (χ4v) is 3.36. The second-order valence-corrected chi connectivity index (χ2v) is 6.68. The van der Waals surface area contributed by atoms with Crippen LogP contribution in [0.3, 0.4) is 0 Å². The maximum Gasteiger partial charge on any atom is 0.185 e. The summed E-state index contributed by atoms with van der Waals surface area (Å²) in [5.41, 5.74) is 0.929. The zero-order valence-electron chi connectivity index (χ0n) is 11.5. The van der Waals surface area contributed by atoms with E-state index in [0.29, 0.717) is 0 Å². The van der Waals surface area contributed by atoms with Crippen molar-refractivity contribution in [3.05, 3.63) is 38.8 Å². The molecule has 0 atom stereocenters. The minimum atomic E-state index is 0.724. The van der Waals surface area contributed by atoms with Gasteiger partial charge in [-0.15, -0.1) is 11.3 Å². The molecule has 0 saturated heterocycles. The molecule has 2 aromatic rings. The quantitative estimate of drug-likeness (QED) is 0.769. The molecule has 6 heteroatoms. The van der Waals surface area contributed by atoms with Crippen molar-refractivity contribution < 1.29 is 0 Å². The van der Waals surface area contributed by atoms with Crippen LogP contribution in [0.15, 0.2) is 28.9 Å². The zero-order chi connectivity index (χ0) is 14.5. The molecule has 0 fully saturated rings. The first-order valence-electron chi connectivity index (χ1n) is 6.52. The van der Waals surface area contributed by atoms with E-state index in [1.165, 1.54) is 4.88 Å². The van der Waals surface area contributed by atoms with Gasteiger partial charge in [0.05, 0.1) is 17.3 Å². The number of hydrogen-bond donors (Lipinski definition) is 1. The van der Waals surface area contributed by atoms with Gasteiger partial charge in [0.25, 0.3) is 0 Å². The van der Waals surface area contributed by atoms with Gasteiger partial charge in [-0.05, 0) is 32.0 Å². The van der Waals surface area contributed by atoms with E-state index < -0.39 is 0 Å². The highest BCUT2D eigenvalue weighted by atomic mass is 79.9. The summed E-state index contributed by atoms with van der Waals surface area (Å²) in [5.74, 6) is 0. The van der Waals surface area contributed by atoms with E-state index >= 15 is 0 Å². The van der Waals surface area contributed by atoms with Crippen molar-refractivity contribution in [1.29, 1.82) is 0 Å². The van der Waals surface area contributed by atoms with Crippen molar-refractivity contribution in [2.45, 2.75) is 20.4 Å². The molecular formula is C14H17BrClN3S. The molecule has 0 unspecified atom stereocenters. The van der Waals surface area contributed by atoms with E-state index in [9.17, 15) is 0 Å². The van der Waals surface area contributed by atoms with Gasteiger partial charge in [0, 0.05) is 28.6 Å². The largest absolute Gasteiger partial charge is 0.379 e. The summed E-state index contributed by atoms with van der Waals surface area (Å²) in [7, 11) is 0. The molecule has 0 aliphatic carbocycles. The minimum absolute atomic E-state index is 0.724. The molecule has 2 rings (SSSR count). The number of anilines is 2. The van der Waals surface area contributed by atoms with Gasteiger partial charge in [-0.2, -0.15) is 0 Å². The summed E-state index contributed by atoms with van der Waals surface area (Å²) in [5, 5.41) is 5.15. The molecule has 1 N–H and O–H groups in total. The standard InChI is InChI=1S/C14H17BrClN3S/c1-3-19(4-2)14-18-9-11(20-14)8-17-13-7-10(15)5-6-12(13)16/h5-7,9,17H,3-4,8H2,1-2H3. The number of aromatic nitrogens is 1. The van der Waals surface area contributed by atoms with E-state index in [0.717, 1.165) is 39.9 Å². The SMILES string of the molecule is CCN(CC)c1ncc(CNc2cc(Br)ccc2Cl)s1. The Bertz CT molecular complexity index is 569. The topological polar surface area (TPSA) is 28.2 Å². The average Bonchev–Trinajstić information content (AvgIpc) is 2.90. The van der Waals surface area contributed by atoms with E-state index in [-0.39, 0.29) is 0 Å². The van der Waals surface area contributed by atoms with Crippen LogP contribution in [0.1, 0.15) is 18.7 Å². The Hall–Kier alpha value is -0.780. The minimum Gasteiger partial charge on any atom is -0.379 e. The first-order valence-corrected chi connectivity index (χ1v) is 8.51. The van der Waals surface area contributed by atoms with Crippen molar-refractivity contribution >= 4 is 49.7 Å². The Labute approximate surface area is 137 Å². The highest BCUT2D eigenvalue weighted by Crippen LogP contribution is 2.28. The summed E-state index contributed by atoms with van der Waals surface area (Å²) in [4.78, 5) is 7.92. The van der Waals surface area contributed by atoms with Crippen LogP contribution in [0.4, 0.5) is 10.8 Å². The molecular weight excluding hydrogens is 358 g/mol. The Morgan fingerprint density at radius 1 is 1.35 bits per heavy atom. The second-order valence-electron chi connectivity index (χ2n) is 4.26. The monoisotopic (exact) mass is 373 g/mol. The molecule has 0 amide bonds. The highest BCUT2D eigenvalue weighted by molar-refractivity contribution is 9.10. The molecule has 0 bridgehead atoms. The highest BCUT2D eigenvalue weighted by Gasteiger charge is 2.08. The van der Waals surface area contributed by atoms with Crippen LogP contribution in [0.5, 0.6) is 0 Å². The van der Waals surface area contributed by atoms with Crippen LogP contribution in [0.25, 0.3) is 0 Å². The van der Waals surface area contributed by atoms with Crippen LogP contribution in [-0.2, 0) is 6.54 Å². The van der Waals surface area contributed by atoms with Crippen LogP contribution >= 0.6 is 38.9 Å². The molecule has 0 aliphatic heterocycles. The lowest BCUT2D eigenvalue weighted by Gasteiger charge is -2.16. The van der Waals surface area contributed by atoms with Crippen LogP contribution in [0.2, 0.25) is 5.02 Å². The Morgan fingerprint density at radius 3 is 2.80 bits per heavy atom. The molecule has 3 nitrogen and oxygen atoms in total. The van der Waals surface area contributed by atoms with Crippen molar-refractivity contribution in [2.75, 3.05) is 23.3 Å². The summed E-state index contributed by atoms with van der Waals surface area (Å²) < 4.78 is 1.01. The number of nitrogens with one attached hydrogen (secondary N) is 1. The maximum absolute atomic E-state index is 6.16. The van der Waals surface area contributed by atoms with Crippen LogP contribution < -0.4 is 10.2 Å². The average molecular weight is 375 g/mol. The lowest BCUT2D eigenvalue weighted by atomic mass is 10.3. The van der Waals surface area contributed by atoms with Crippen molar-refractivity contribution in [1.82, 2.24) is 4.98 Å². The third kappa shape index (κ3) is 3.87. The molecule has 0 saturated carbocycles. The Morgan fingerprint density at radius 2 is 2.10 bits per heavy atom. The normalized spacial score (nSPS) is 10.6. The first kappa shape index (κ1) is 15.6. The molecule has 1 aromatic heterocycles. The lowest BCUT2D eigenvalue weighted by Crippen LogP contribution is -2.21. The van der Waals surface area contributed by atoms with E-state index in [1.807, 2.05) is 24.4 Å². The number of hydrogen-bond acceptors (Lipinski definition) is 4. The van der Waals surface area contributed by atoms with Gasteiger partial charge in [0.15, 0.2) is 5.13 Å². The molecule has 1 aromatic carbocycles. The maximum atomic E-state index is 6.16. The van der Waals surface area contributed by atoms with E-state index in [4.69, 9.17) is 11.6 Å². The van der Waals surface area contributed by atoms with E-state index in [2.05, 4.69) is 45.0 Å². The Kier molecular flexibility index (Phi) is 5.69. The van der Waals surface area contributed by atoms with Crippen LogP contribution in [0, 0.1) is 0 Å². The molecule has 0 aliphatic rings. The molecule has 0 radical (unpaired) electrons. The van der Waals surface area contributed by atoms with Gasteiger partial charge in [-0.25, -0.2) is 4.98 Å². The fourth-order valence-electron chi connectivity index (χ4n) is 1.83. The molecule has 108 valence electrons. The van der Waals surface area contributed by atoms with E-state index in [1.54, 1.807) is 11.3 Å². The second kappa shape index (κ2) is 7.29. The number of rotatable bonds is 6. The summed E-state index contributed by atoms with van der Waals surface area (Å²) in [6.45, 7) is 6.98. The van der Waals surface area contributed by atoms with Crippen molar-refractivity contribution in [3.8, 4) is 0 Å². The number of halogens is 2. The lowest BCUT2D eigenvalue weighted by molar-refractivity contribution is 0.860. The van der Waals surface area contributed by atoms with Crippen molar-refractivity contribution in [3.63, 3.8) is 0 Å². The van der Waals surface area contributed by atoms with Gasteiger partial charge in [0.1, 0.15) is 0 Å². The molecule has 0 spiro atoms. The number of nitrogens with zero attached hydrogens (tertiary/aromatic N) is 2. The fraction of sp³-hybridized carbons (Fsp3) is 0.357. The van der Waals surface area contributed by atoms with Crippen LogP contribution in [-0.4, -0.2) is 18.1 Å². The number of benzene rings is 1. The summed E-state index contributed by atoms with van der Waals surface area (Å²) in [6, 6.07) is 5.79. The van der Waals surface area contributed by atoms with Gasteiger partial charge in [-0.3, -0.25) is 0 Å². The van der Waals surface area contributed by atoms with Gasteiger partial charge >= 0.3 is 0 Å². The predicted octanol–water partition coefficient (Wildman–Crippen LogP) is 5.02. The Balaban J connectivity index is 2.02. The summed E-state index contributed by atoms with van der Waals surface area (Å²) >= 11 is 11.3. The van der Waals surface area contributed by atoms with Crippen molar-refractivity contribution in [2.24, 2.45) is 0 Å². The predicted molar refractivity (Wildman–Crippen MR) is 92.2 cm³/mol. The zero-order valence-corrected chi connectivity index (χ0v) is 14.6.